The zero-order valence-corrected chi connectivity index (χ0v) is 15.8. The highest BCUT2D eigenvalue weighted by Gasteiger charge is 2.38. The molecule has 8 nitrogen and oxygen atoms in total. The normalized spacial score (nSPS) is 18.2. The van der Waals surface area contributed by atoms with Crippen LogP contribution < -0.4 is 11.1 Å². The lowest BCUT2D eigenvalue weighted by molar-refractivity contribution is 0.102. The number of carbonyl (C=O) groups excluding carboxylic acids is 1. The molecule has 3 heterocycles. The number of carbonyl (C=O) groups is 1. The monoisotopic (exact) mass is 418 g/mol. The van der Waals surface area contributed by atoms with Crippen molar-refractivity contribution in [2.24, 2.45) is 10.7 Å². The maximum atomic E-state index is 14.3. The van der Waals surface area contributed by atoms with Crippen LogP contribution in [0.2, 0.25) is 0 Å². The Balaban J connectivity index is 1.75. The second-order valence-corrected chi connectivity index (χ2v) is 6.85. The Kier molecular flexibility index (Phi) is 4.80. The van der Waals surface area contributed by atoms with E-state index in [1.165, 1.54) is 18.3 Å². The van der Waals surface area contributed by atoms with Gasteiger partial charge in [-0.2, -0.15) is 0 Å². The summed E-state index contributed by atoms with van der Waals surface area (Å²) in [6.45, 7) is 0.682. The number of amides is 1. The molecular weight excluding hydrogens is 401 g/mol. The minimum Gasteiger partial charge on any atom is -0.448 e. The lowest BCUT2D eigenvalue weighted by Crippen LogP contribution is -2.40. The molecule has 0 spiro atoms. The SMILES string of the molecule is Cc1nc(C(=O)Nc2cc(C3(CF)Cn4ccnc4C(N)=N3)ccc2C(F)F)co1. The number of aromatic nitrogens is 3. The van der Waals surface area contributed by atoms with Crippen molar-refractivity contribution < 1.29 is 22.4 Å². The van der Waals surface area contributed by atoms with Gasteiger partial charge < -0.3 is 20.0 Å². The number of aliphatic imine (C=N–C) groups is 1. The zero-order chi connectivity index (χ0) is 21.5. The first-order valence-electron chi connectivity index (χ1n) is 8.92. The third-order valence-corrected chi connectivity index (χ3v) is 4.86. The minimum absolute atomic E-state index is 0.0329. The van der Waals surface area contributed by atoms with Crippen LogP contribution in [-0.4, -0.2) is 33.0 Å². The Hall–Kier alpha value is -3.63. The molecule has 0 fully saturated rings. The molecule has 156 valence electrons. The van der Waals surface area contributed by atoms with Gasteiger partial charge in [-0.1, -0.05) is 12.1 Å². The quantitative estimate of drug-likeness (QED) is 0.662. The summed E-state index contributed by atoms with van der Waals surface area (Å²) in [6, 6.07) is 3.77. The number of nitrogens with two attached hydrogens (primary N) is 1. The van der Waals surface area contributed by atoms with Crippen molar-refractivity contribution in [3.05, 3.63) is 65.4 Å². The van der Waals surface area contributed by atoms with E-state index in [9.17, 15) is 18.0 Å². The number of hydrogen-bond donors (Lipinski definition) is 2. The van der Waals surface area contributed by atoms with Crippen LogP contribution >= 0.6 is 0 Å². The number of rotatable bonds is 5. The van der Waals surface area contributed by atoms with Gasteiger partial charge in [0.1, 0.15) is 18.5 Å². The van der Waals surface area contributed by atoms with E-state index in [-0.39, 0.29) is 35.2 Å². The second-order valence-electron chi connectivity index (χ2n) is 6.85. The maximum Gasteiger partial charge on any atom is 0.277 e. The van der Waals surface area contributed by atoms with Crippen molar-refractivity contribution in [1.82, 2.24) is 14.5 Å². The van der Waals surface area contributed by atoms with E-state index in [2.05, 4.69) is 20.3 Å². The molecule has 1 atom stereocenters. The molecule has 2 aromatic heterocycles. The van der Waals surface area contributed by atoms with Gasteiger partial charge in [-0.15, -0.1) is 0 Å². The number of nitrogens with one attached hydrogen (secondary N) is 1. The Morgan fingerprint density at radius 3 is 2.90 bits per heavy atom. The summed E-state index contributed by atoms with van der Waals surface area (Å²) in [5.74, 6) is -0.0463. The smallest absolute Gasteiger partial charge is 0.277 e. The Bertz CT molecular complexity index is 1140. The molecule has 1 amide bonds. The van der Waals surface area contributed by atoms with Gasteiger partial charge in [0.05, 0.1) is 12.2 Å². The van der Waals surface area contributed by atoms with Crippen LogP contribution in [0.4, 0.5) is 18.9 Å². The summed E-state index contributed by atoms with van der Waals surface area (Å²) in [4.78, 5) is 24.6. The number of imidazole rings is 1. The van der Waals surface area contributed by atoms with Crippen LogP contribution in [-0.2, 0) is 12.1 Å². The predicted octanol–water partition coefficient (Wildman–Crippen LogP) is 2.95. The van der Waals surface area contributed by atoms with E-state index in [4.69, 9.17) is 10.2 Å². The topological polar surface area (TPSA) is 111 Å². The highest BCUT2D eigenvalue weighted by Crippen LogP contribution is 2.37. The molecule has 0 aliphatic carbocycles. The van der Waals surface area contributed by atoms with Crippen LogP contribution in [0.1, 0.15) is 39.8 Å². The number of halogens is 3. The standard InChI is InChI=1S/C19H17F3N6O2/c1-10-25-14(7-30-10)18(29)26-13-6-11(2-3-12(13)15(21)22)19(8-20)9-28-5-4-24-17(28)16(23)27-19/h2-7,15H,8-9H2,1H3,(H2,23,27)(H,26,29). The van der Waals surface area contributed by atoms with Crippen molar-refractivity contribution in [2.45, 2.75) is 25.4 Å². The number of anilines is 1. The van der Waals surface area contributed by atoms with Crippen molar-refractivity contribution in [3.63, 3.8) is 0 Å². The molecule has 0 saturated carbocycles. The van der Waals surface area contributed by atoms with E-state index in [0.717, 1.165) is 12.3 Å². The summed E-state index contributed by atoms with van der Waals surface area (Å²) < 4.78 is 47.9. The second kappa shape index (κ2) is 7.32. The van der Waals surface area contributed by atoms with Gasteiger partial charge in [0.25, 0.3) is 12.3 Å². The highest BCUT2D eigenvalue weighted by molar-refractivity contribution is 6.03. The van der Waals surface area contributed by atoms with Gasteiger partial charge in [0, 0.05) is 24.9 Å². The van der Waals surface area contributed by atoms with Gasteiger partial charge in [0.2, 0.25) is 0 Å². The van der Waals surface area contributed by atoms with Crippen molar-refractivity contribution in [3.8, 4) is 0 Å². The molecule has 11 heteroatoms. The molecule has 1 aliphatic heterocycles. The van der Waals surface area contributed by atoms with Gasteiger partial charge in [-0.3, -0.25) is 4.79 Å². The minimum atomic E-state index is -2.87. The summed E-state index contributed by atoms with van der Waals surface area (Å²) in [7, 11) is 0. The molecule has 3 N–H and O–H groups in total. The van der Waals surface area contributed by atoms with Gasteiger partial charge in [-0.05, 0) is 11.6 Å². The molecule has 0 saturated heterocycles. The van der Waals surface area contributed by atoms with E-state index in [1.807, 2.05) is 0 Å². The van der Waals surface area contributed by atoms with Crippen LogP contribution in [0.25, 0.3) is 0 Å². The Morgan fingerprint density at radius 1 is 1.43 bits per heavy atom. The van der Waals surface area contributed by atoms with Crippen LogP contribution in [0.5, 0.6) is 0 Å². The average Bonchev–Trinajstić information content (AvgIpc) is 3.36. The summed E-state index contributed by atoms with van der Waals surface area (Å²) in [5, 5.41) is 2.40. The lowest BCUT2D eigenvalue weighted by Gasteiger charge is -2.32. The zero-order valence-electron chi connectivity index (χ0n) is 15.8. The molecule has 0 bridgehead atoms. The van der Waals surface area contributed by atoms with Crippen molar-refractivity contribution in [1.29, 1.82) is 0 Å². The Labute approximate surface area is 168 Å². The van der Waals surface area contributed by atoms with Crippen molar-refractivity contribution >= 4 is 17.4 Å². The third-order valence-electron chi connectivity index (χ3n) is 4.86. The first kappa shape index (κ1) is 19.7. The number of amidine groups is 1. The molecule has 1 aliphatic rings. The van der Waals surface area contributed by atoms with Gasteiger partial charge in [0.15, 0.2) is 23.2 Å². The number of hydrogen-bond acceptors (Lipinski definition) is 6. The van der Waals surface area contributed by atoms with Crippen LogP contribution in [0, 0.1) is 6.92 Å². The number of nitrogens with zero attached hydrogens (tertiary/aromatic N) is 4. The third kappa shape index (κ3) is 3.31. The molecule has 1 unspecified atom stereocenters. The number of fused-ring (bicyclic) bond motifs is 1. The fourth-order valence-electron chi connectivity index (χ4n) is 3.37. The van der Waals surface area contributed by atoms with E-state index in [0.29, 0.717) is 5.82 Å². The average molecular weight is 418 g/mol. The Morgan fingerprint density at radius 2 is 2.23 bits per heavy atom. The summed E-state index contributed by atoms with van der Waals surface area (Å²) in [5.41, 5.74) is 4.12. The fourth-order valence-corrected chi connectivity index (χ4v) is 3.37. The van der Waals surface area contributed by atoms with E-state index < -0.39 is 30.1 Å². The molecular formula is C19H17F3N6O2. The highest BCUT2D eigenvalue weighted by atomic mass is 19.3. The van der Waals surface area contributed by atoms with Crippen molar-refractivity contribution in [2.75, 3.05) is 12.0 Å². The van der Waals surface area contributed by atoms with Gasteiger partial charge in [-0.25, -0.2) is 28.1 Å². The molecule has 4 rings (SSSR count). The largest absolute Gasteiger partial charge is 0.448 e. The van der Waals surface area contributed by atoms with E-state index >= 15 is 0 Å². The summed E-state index contributed by atoms with van der Waals surface area (Å²) in [6.07, 6.45) is 1.39. The summed E-state index contributed by atoms with van der Waals surface area (Å²) >= 11 is 0. The molecule has 0 radical (unpaired) electrons. The maximum absolute atomic E-state index is 14.3. The number of alkyl halides is 3. The van der Waals surface area contributed by atoms with Crippen LogP contribution in [0.15, 0.2) is 46.3 Å². The predicted molar refractivity (Wildman–Crippen MR) is 101 cm³/mol. The molecule has 3 aromatic rings. The molecule has 1 aromatic carbocycles. The van der Waals surface area contributed by atoms with Gasteiger partial charge >= 0.3 is 0 Å². The van der Waals surface area contributed by atoms with Crippen LogP contribution in [0.3, 0.4) is 0 Å². The van der Waals surface area contributed by atoms with E-state index in [1.54, 1.807) is 17.7 Å². The molecule has 30 heavy (non-hydrogen) atoms. The lowest BCUT2D eigenvalue weighted by atomic mass is 9.89. The fraction of sp³-hybridized carbons (Fsp3) is 0.263. The first-order valence-corrected chi connectivity index (χ1v) is 8.92. The first-order chi connectivity index (χ1) is 14.3. The number of aryl methyl sites for hydroxylation is 1. The number of oxazole rings is 1. The number of benzene rings is 1.